The fourth-order valence-corrected chi connectivity index (χ4v) is 2.76. The summed E-state index contributed by atoms with van der Waals surface area (Å²) in [6.07, 6.45) is 7.90. The van der Waals surface area contributed by atoms with Crippen molar-refractivity contribution in [3.8, 4) is 0 Å². The van der Waals surface area contributed by atoms with Crippen LogP contribution in [0.4, 0.5) is 5.69 Å². The molecule has 1 aromatic heterocycles. The molecule has 1 N–H and O–H groups in total. The normalized spacial score (nSPS) is 19.3. The van der Waals surface area contributed by atoms with Gasteiger partial charge in [0, 0.05) is 31.5 Å². The molecule has 4 heteroatoms. The molecule has 0 aliphatic carbocycles. The van der Waals surface area contributed by atoms with E-state index in [0.717, 1.165) is 38.0 Å². The van der Waals surface area contributed by atoms with Gasteiger partial charge in [-0.05, 0) is 38.7 Å². The summed E-state index contributed by atoms with van der Waals surface area (Å²) in [4.78, 5) is 18.8. The number of carbonyl (C=O) groups excluding carboxylic acids is 1. The van der Waals surface area contributed by atoms with E-state index < -0.39 is 0 Å². The minimum absolute atomic E-state index is 0.121. The highest BCUT2D eigenvalue weighted by molar-refractivity contribution is 5.99. The highest BCUT2D eigenvalue weighted by atomic mass is 16.2. The standard InChI is InChI=1S/C15H23N3O/c1-3-12-7-5-6-10-18(12)15(19)13-11-16-9-8-14(13)17-4-2/h8-9,11-12H,3-7,10H2,1-2H3,(H,16,17). The quantitative estimate of drug-likeness (QED) is 0.906. The smallest absolute Gasteiger partial charge is 0.257 e. The van der Waals surface area contributed by atoms with Gasteiger partial charge < -0.3 is 10.2 Å². The minimum atomic E-state index is 0.121. The van der Waals surface area contributed by atoms with Crippen LogP contribution in [0.2, 0.25) is 0 Å². The summed E-state index contributed by atoms with van der Waals surface area (Å²) in [5.41, 5.74) is 1.59. The zero-order chi connectivity index (χ0) is 13.7. The largest absolute Gasteiger partial charge is 0.385 e. The van der Waals surface area contributed by atoms with Crippen molar-refractivity contribution in [1.82, 2.24) is 9.88 Å². The SMILES string of the molecule is CCNc1ccncc1C(=O)N1CCCCC1CC. The van der Waals surface area contributed by atoms with Gasteiger partial charge in [0.1, 0.15) is 0 Å². The number of amides is 1. The average molecular weight is 261 g/mol. The minimum Gasteiger partial charge on any atom is -0.385 e. The van der Waals surface area contributed by atoms with Crippen LogP contribution in [0.3, 0.4) is 0 Å². The third kappa shape index (κ3) is 3.06. The number of piperidine rings is 1. The molecule has 0 spiro atoms. The van der Waals surface area contributed by atoms with Crippen LogP contribution < -0.4 is 5.32 Å². The first kappa shape index (κ1) is 13.8. The van der Waals surface area contributed by atoms with Crippen molar-refractivity contribution in [2.45, 2.75) is 45.6 Å². The highest BCUT2D eigenvalue weighted by Gasteiger charge is 2.27. The lowest BCUT2D eigenvalue weighted by Gasteiger charge is -2.35. The number of pyridine rings is 1. The van der Waals surface area contributed by atoms with Gasteiger partial charge in [0.25, 0.3) is 5.91 Å². The summed E-state index contributed by atoms with van der Waals surface area (Å²) in [5.74, 6) is 0.121. The maximum absolute atomic E-state index is 12.7. The lowest BCUT2D eigenvalue weighted by atomic mass is 9.99. The molecular formula is C15H23N3O. The van der Waals surface area contributed by atoms with E-state index in [1.54, 1.807) is 12.4 Å². The van der Waals surface area contributed by atoms with Crippen LogP contribution in [0.5, 0.6) is 0 Å². The fraction of sp³-hybridized carbons (Fsp3) is 0.600. The number of anilines is 1. The molecule has 1 amide bonds. The van der Waals surface area contributed by atoms with E-state index in [1.807, 2.05) is 17.9 Å². The van der Waals surface area contributed by atoms with Gasteiger partial charge in [0.15, 0.2) is 0 Å². The predicted molar refractivity (Wildman–Crippen MR) is 77.4 cm³/mol. The molecule has 19 heavy (non-hydrogen) atoms. The van der Waals surface area contributed by atoms with Gasteiger partial charge in [-0.3, -0.25) is 9.78 Å². The summed E-state index contributed by atoms with van der Waals surface area (Å²) >= 11 is 0. The second-order valence-corrected chi connectivity index (χ2v) is 5.01. The first-order valence-corrected chi connectivity index (χ1v) is 7.26. The van der Waals surface area contributed by atoms with Crippen LogP contribution >= 0.6 is 0 Å². The van der Waals surface area contributed by atoms with Crippen LogP contribution in [0, 0.1) is 0 Å². The van der Waals surface area contributed by atoms with Crippen LogP contribution in [0.25, 0.3) is 0 Å². The second-order valence-electron chi connectivity index (χ2n) is 5.01. The zero-order valence-corrected chi connectivity index (χ0v) is 11.9. The number of hydrogen-bond acceptors (Lipinski definition) is 3. The van der Waals surface area contributed by atoms with Gasteiger partial charge in [-0.25, -0.2) is 0 Å². The van der Waals surface area contributed by atoms with Crippen molar-refractivity contribution < 1.29 is 4.79 Å². The Hall–Kier alpha value is -1.58. The van der Waals surface area contributed by atoms with Gasteiger partial charge in [-0.15, -0.1) is 0 Å². The molecule has 0 bridgehead atoms. The van der Waals surface area contributed by atoms with E-state index in [0.29, 0.717) is 11.6 Å². The van der Waals surface area contributed by atoms with E-state index >= 15 is 0 Å². The Kier molecular flexibility index (Phi) is 4.77. The summed E-state index contributed by atoms with van der Waals surface area (Å²) in [6.45, 7) is 5.87. The molecule has 1 aliphatic heterocycles. The van der Waals surface area contributed by atoms with Crippen LogP contribution in [0.15, 0.2) is 18.5 Å². The highest BCUT2D eigenvalue weighted by Crippen LogP contribution is 2.24. The Bertz CT molecular complexity index is 433. The summed E-state index contributed by atoms with van der Waals surface area (Å²) in [5, 5.41) is 3.24. The monoisotopic (exact) mass is 261 g/mol. The molecule has 1 atom stereocenters. The maximum Gasteiger partial charge on any atom is 0.257 e. The van der Waals surface area contributed by atoms with E-state index in [-0.39, 0.29) is 5.91 Å². The molecule has 0 saturated carbocycles. The summed E-state index contributed by atoms with van der Waals surface area (Å²) in [6, 6.07) is 2.26. The number of hydrogen-bond donors (Lipinski definition) is 1. The van der Waals surface area contributed by atoms with Gasteiger partial charge >= 0.3 is 0 Å². The Morgan fingerprint density at radius 3 is 3.05 bits per heavy atom. The Morgan fingerprint density at radius 2 is 2.32 bits per heavy atom. The molecular weight excluding hydrogens is 238 g/mol. The van der Waals surface area contributed by atoms with E-state index in [9.17, 15) is 4.79 Å². The molecule has 1 aliphatic rings. The van der Waals surface area contributed by atoms with Crippen molar-refractivity contribution in [2.75, 3.05) is 18.4 Å². The number of likely N-dealkylation sites (tertiary alicyclic amines) is 1. The summed E-state index contributed by atoms with van der Waals surface area (Å²) in [7, 11) is 0. The van der Waals surface area contributed by atoms with Gasteiger partial charge in [0.05, 0.1) is 11.3 Å². The predicted octanol–water partition coefficient (Wildman–Crippen LogP) is 2.92. The molecule has 104 valence electrons. The van der Waals surface area contributed by atoms with Crippen LogP contribution in [-0.2, 0) is 0 Å². The second kappa shape index (κ2) is 6.55. The number of rotatable bonds is 4. The fourth-order valence-electron chi connectivity index (χ4n) is 2.76. The van der Waals surface area contributed by atoms with Crippen molar-refractivity contribution in [1.29, 1.82) is 0 Å². The van der Waals surface area contributed by atoms with E-state index in [1.165, 1.54) is 6.42 Å². The molecule has 2 heterocycles. The van der Waals surface area contributed by atoms with Crippen molar-refractivity contribution in [3.63, 3.8) is 0 Å². The number of carbonyl (C=O) groups is 1. The number of aromatic nitrogens is 1. The average Bonchev–Trinajstić information content (AvgIpc) is 2.47. The van der Waals surface area contributed by atoms with Gasteiger partial charge in [-0.2, -0.15) is 0 Å². The molecule has 0 radical (unpaired) electrons. The van der Waals surface area contributed by atoms with Gasteiger partial charge in [0.2, 0.25) is 0 Å². The van der Waals surface area contributed by atoms with Crippen molar-refractivity contribution >= 4 is 11.6 Å². The molecule has 2 rings (SSSR count). The molecule has 1 fully saturated rings. The van der Waals surface area contributed by atoms with Crippen molar-refractivity contribution in [2.24, 2.45) is 0 Å². The molecule has 1 saturated heterocycles. The third-order valence-electron chi connectivity index (χ3n) is 3.78. The van der Waals surface area contributed by atoms with Crippen molar-refractivity contribution in [3.05, 3.63) is 24.0 Å². The molecule has 0 aromatic carbocycles. The summed E-state index contributed by atoms with van der Waals surface area (Å²) < 4.78 is 0. The Morgan fingerprint density at radius 1 is 1.47 bits per heavy atom. The molecule has 1 aromatic rings. The lowest BCUT2D eigenvalue weighted by Crippen LogP contribution is -2.43. The van der Waals surface area contributed by atoms with Crippen LogP contribution in [-0.4, -0.2) is 34.9 Å². The van der Waals surface area contributed by atoms with Gasteiger partial charge in [-0.1, -0.05) is 6.92 Å². The molecule has 4 nitrogen and oxygen atoms in total. The number of nitrogens with zero attached hydrogens (tertiary/aromatic N) is 2. The molecule has 1 unspecified atom stereocenters. The lowest BCUT2D eigenvalue weighted by molar-refractivity contribution is 0.0608. The first-order valence-electron chi connectivity index (χ1n) is 7.26. The maximum atomic E-state index is 12.7. The first-order chi connectivity index (χ1) is 9.27. The van der Waals surface area contributed by atoms with E-state index in [2.05, 4.69) is 17.2 Å². The Labute approximate surface area is 115 Å². The van der Waals surface area contributed by atoms with E-state index in [4.69, 9.17) is 0 Å². The number of nitrogens with one attached hydrogen (secondary N) is 1. The third-order valence-corrected chi connectivity index (χ3v) is 3.78. The zero-order valence-electron chi connectivity index (χ0n) is 11.9. The van der Waals surface area contributed by atoms with Crippen LogP contribution in [0.1, 0.15) is 49.9 Å². The Balaban J connectivity index is 2.22. The topological polar surface area (TPSA) is 45.2 Å².